The molecule has 1 heterocycles. The van der Waals surface area contributed by atoms with Crippen molar-refractivity contribution >= 4 is 11.3 Å². The van der Waals surface area contributed by atoms with E-state index in [4.69, 9.17) is 0 Å². The number of rotatable bonds is 5. The zero-order valence-electron chi connectivity index (χ0n) is 9.50. The van der Waals surface area contributed by atoms with Gasteiger partial charge in [-0.15, -0.1) is 11.3 Å². The summed E-state index contributed by atoms with van der Waals surface area (Å²) in [6.07, 6.45) is 3.20. The number of aryl methyl sites for hydroxylation is 1. The van der Waals surface area contributed by atoms with E-state index in [1.54, 1.807) is 11.3 Å². The largest absolute Gasteiger partial charge is 0.309 e. The molecule has 2 unspecified atom stereocenters. The molecule has 1 aromatic rings. The first kappa shape index (κ1) is 11.7. The van der Waals surface area contributed by atoms with Crippen LogP contribution in [0.5, 0.6) is 0 Å². The zero-order chi connectivity index (χ0) is 10.6. The van der Waals surface area contributed by atoms with E-state index in [0.29, 0.717) is 6.04 Å². The van der Waals surface area contributed by atoms with Crippen molar-refractivity contribution in [2.45, 2.75) is 46.7 Å². The minimum absolute atomic E-state index is 0.586. The molecule has 0 radical (unpaired) electrons. The molecule has 0 aromatic carbocycles. The lowest BCUT2D eigenvalue weighted by Gasteiger charge is -2.19. The van der Waals surface area contributed by atoms with Gasteiger partial charge >= 0.3 is 0 Å². The van der Waals surface area contributed by atoms with Crippen molar-refractivity contribution < 1.29 is 0 Å². The fraction of sp³-hybridized carbons (Fsp3) is 0.727. The highest BCUT2D eigenvalue weighted by molar-refractivity contribution is 7.11. The van der Waals surface area contributed by atoms with Gasteiger partial charge in [0, 0.05) is 23.7 Å². The lowest BCUT2D eigenvalue weighted by molar-refractivity contribution is 0.390. The Morgan fingerprint density at radius 1 is 1.50 bits per heavy atom. The van der Waals surface area contributed by atoms with E-state index in [1.807, 2.05) is 13.1 Å². The molecule has 0 aliphatic heterocycles. The van der Waals surface area contributed by atoms with Gasteiger partial charge in [-0.1, -0.05) is 20.3 Å². The molecule has 2 atom stereocenters. The topological polar surface area (TPSA) is 24.9 Å². The molecule has 2 nitrogen and oxygen atoms in total. The van der Waals surface area contributed by atoms with Crippen LogP contribution in [0.4, 0.5) is 0 Å². The summed E-state index contributed by atoms with van der Waals surface area (Å²) in [6.45, 7) is 9.78. The summed E-state index contributed by atoms with van der Waals surface area (Å²) in [5.74, 6) is 0.740. The molecule has 14 heavy (non-hydrogen) atoms. The second-order valence-corrected chi connectivity index (χ2v) is 5.22. The molecule has 1 N–H and O–H groups in total. The smallest absolute Gasteiger partial charge is 0.0897 e. The van der Waals surface area contributed by atoms with Crippen LogP contribution in [0.2, 0.25) is 0 Å². The number of nitrogens with zero attached hydrogens (tertiary/aromatic N) is 1. The predicted molar refractivity (Wildman–Crippen MR) is 62.6 cm³/mol. The molecule has 0 fully saturated rings. The van der Waals surface area contributed by atoms with E-state index in [9.17, 15) is 0 Å². The maximum atomic E-state index is 4.24. The Bertz CT molecular complexity index is 270. The summed E-state index contributed by atoms with van der Waals surface area (Å²) in [5, 5.41) is 4.68. The first-order chi connectivity index (χ1) is 6.63. The van der Waals surface area contributed by atoms with Crippen LogP contribution in [-0.4, -0.2) is 11.0 Å². The Labute approximate surface area is 90.8 Å². The van der Waals surface area contributed by atoms with Gasteiger partial charge in [0.15, 0.2) is 0 Å². The number of thiazole rings is 1. The Balaban J connectivity index is 2.33. The molecule has 80 valence electrons. The van der Waals surface area contributed by atoms with Gasteiger partial charge in [-0.3, -0.25) is 0 Å². The second-order valence-electron chi connectivity index (χ2n) is 3.90. The third-order valence-corrected chi connectivity index (χ3v) is 3.68. The Kier molecular flexibility index (Phi) is 4.55. The van der Waals surface area contributed by atoms with Gasteiger partial charge in [-0.25, -0.2) is 4.98 Å². The fourth-order valence-corrected chi connectivity index (χ4v) is 2.05. The van der Waals surface area contributed by atoms with Crippen LogP contribution >= 0.6 is 11.3 Å². The molecule has 3 heteroatoms. The highest BCUT2D eigenvalue weighted by Crippen LogP contribution is 2.12. The van der Waals surface area contributed by atoms with Gasteiger partial charge in [0.05, 0.1) is 5.01 Å². The van der Waals surface area contributed by atoms with Crippen molar-refractivity contribution in [2.24, 2.45) is 5.92 Å². The van der Waals surface area contributed by atoms with Gasteiger partial charge < -0.3 is 5.32 Å². The van der Waals surface area contributed by atoms with Gasteiger partial charge in [-0.2, -0.15) is 0 Å². The minimum Gasteiger partial charge on any atom is -0.309 e. The van der Waals surface area contributed by atoms with Crippen LogP contribution in [0, 0.1) is 12.8 Å². The van der Waals surface area contributed by atoms with Crippen molar-refractivity contribution in [2.75, 3.05) is 0 Å². The third kappa shape index (κ3) is 3.39. The normalized spacial score (nSPS) is 15.4. The highest BCUT2D eigenvalue weighted by atomic mass is 32.1. The zero-order valence-corrected chi connectivity index (χ0v) is 10.3. The first-order valence-electron chi connectivity index (χ1n) is 5.28. The summed E-state index contributed by atoms with van der Waals surface area (Å²) in [6, 6.07) is 0.586. The van der Waals surface area contributed by atoms with Gasteiger partial charge in [0.25, 0.3) is 0 Å². The summed E-state index contributed by atoms with van der Waals surface area (Å²) in [5.41, 5.74) is 0. The van der Waals surface area contributed by atoms with Crippen molar-refractivity contribution in [1.29, 1.82) is 0 Å². The standard InChI is InChI=1S/C11H20N2S/c1-5-8(2)9(3)12-6-11-7-13-10(4)14-11/h7-9,12H,5-6H2,1-4H3. The molecule has 0 saturated carbocycles. The molecule has 1 rings (SSSR count). The SMILES string of the molecule is CCC(C)C(C)NCc1cnc(C)s1. The summed E-state index contributed by atoms with van der Waals surface area (Å²) in [7, 11) is 0. The summed E-state index contributed by atoms with van der Waals surface area (Å²) >= 11 is 1.78. The highest BCUT2D eigenvalue weighted by Gasteiger charge is 2.09. The third-order valence-electron chi connectivity index (χ3n) is 2.76. The number of hydrogen-bond acceptors (Lipinski definition) is 3. The van der Waals surface area contributed by atoms with Crippen LogP contribution < -0.4 is 5.32 Å². The fourth-order valence-electron chi connectivity index (χ4n) is 1.30. The van der Waals surface area contributed by atoms with Crippen molar-refractivity contribution in [1.82, 2.24) is 10.3 Å². The first-order valence-corrected chi connectivity index (χ1v) is 6.09. The molecular weight excluding hydrogens is 192 g/mol. The average molecular weight is 212 g/mol. The lowest BCUT2D eigenvalue weighted by atomic mass is 10.0. The quantitative estimate of drug-likeness (QED) is 0.811. The van der Waals surface area contributed by atoms with E-state index < -0.39 is 0 Å². The molecule has 0 spiro atoms. The van der Waals surface area contributed by atoms with Crippen molar-refractivity contribution in [3.8, 4) is 0 Å². The van der Waals surface area contributed by atoms with Crippen molar-refractivity contribution in [3.05, 3.63) is 16.1 Å². The lowest BCUT2D eigenvalue weighted by Crippen LogP contribution is -2.31. The average Bonchev–Trinajstić information content (AvgIpc) is 2.59. The Morgan fingerprint density at radius 2 is 2.21 bits per heavy atom. The number of aromatic nitrogens is 1. The molecule has 0 amide bonds. The van der Waals surface area contributed by atoms with Crippen LogP contribution in [0.15, 0.2) is 6.20 Å². The van der Waals surface area contributed by atoms with Crippen LogP contribution in [-0.2, 0) is 6.54 Å². The number of nitrogens with one attached hydrogen (secondary N) is 1. The van der Waals surface area contributed by atoms with E-state index in [0.717, 1.165) is 17.5 Å². The Morgan fingerprint density at radius 3 is 2.71 bits per heavy atom. The minimum atomic E-state index is 0.586. The van der Waals surface area contributed by atoms with Crippen molar-refractivity contribution in [3.63, 3.8) is 0 Å². The van der Waals surface area contributed by atoms with Gasteiger partial charge in [0.1, 0.15) is 0 Å². The summed E-state index contributed by atoms with van der Waals surface area (Å²) < 4.78 is 0. The monoisotopic (exact) mass is 212 g/mol. The number of hydrogen-bond donors (Lipinski definition) is 1. The maximum absolute atomic E-state index is 4.24. The van der Waals surface area contributed by atoms with Crippen LogP contribution in [0.3, 0.4) is 0 Å². The second kappa shape index (κ2) is 5.47. The van der Waals surface area contributed by atoms with Crippen LogP contribution in [0.25, 0.3) is 0 Å². The Hall–Kier alpha value is -0.410. The van der Waals surface area contributed by atoms with E-state index in [-0.39, 0.29) is 0 Å². The van der Waals surface area contributed by atoms with Gasteiger partial charge in [0.2, 0.25) is 0 Å². The van der Waals surface area contributed by atoms with E-state index in [2.05, 4.69) is 31.1 Å². The van der Waals surface area contributed by atoms with Crippen LogP contribution in [0.1, 0.15) is 37.1 Å². The summed E-state index contributed by atoms with van der Waals surface area (Å²) in [4.78, 5) is 5.57. The predicted octanol–water partition coefficient (Wildman–Crippen LogP) is 2.98. The molecule has 0 bridgehead atoms. The molecule has 0 aliphatic carbocycles. The van der Waals surface area contributed by atoms with E-state index in [1.165, 1.54) is 11.3 Å². The molecule has 0 aliphatic rings. The molecule has 0 saturated heterocycles. The van der Waals surface area contributed by atoms with E-state index >= 15 is 0 Å². The molecule has 1 aromatic heterocycles. The maximum Gasteiger partial charge on any atom is 0.0897 e. The molecular formula is C11H20N2S. The van der Waals surface area contributed by atoms with Gasteiger partial charge in [-0.05, 0) is 19.8 Å².